The number of benzene rings is 9. The van der Waals surface area contributed by atoms with Crippen LogP contribution in [0.5, 0.6) is 0 Å². The predicted octanol–water partition coefficient (Wildman–Crippen LogP) is 10.1. The van der Waals surface area contributed by atoms with E-state index in [4.69, 9.17) is 0 Å². The number of nitrogens with zero attached hydrogens (tertiary/aromatic N) is 2. The topological polar surface area (TPSA) is 9.86 Å². The summed E-state index contributed by atoms with van der Waals surface area (Å²) in [5, 5.41) is 13.5. The first-order chi connectivity index (χ1) is 27.3. The molecule has 55 heavy (non-hydrogen) atoms. The van der Waals surface area contributed by atoms with E-state index in [0.717, 1.165) is 0 Å². The number of hydrogen-bond donors (Lipinski definition) is 0. The molecule has 0 radical (unpaired) electrons. The van der Waals surface area contributed by atoms with E-state index in [9.17, 15) is 0 Å². The normalized spacial score (nSPS) is 13.8. The van der Waals surface area contributed by atoms with Crippen molar-refractivity contribution in [2.45, 2.75) is 0 Å². The maximum atomic E-state index is 2.55. The summed E-state index contributed by atoms with van der Waals surface area (Å²) >= 11 is 0. The van der Waals surface area contributed by atoms with Crippen LogP contribution in [0, 0.1) is 0 Å². The molecule has 0 unspecified atom stereocenters. The van der Waals surface area contributed by atoms with Crippen molar-refractivity contribution in [3.05, 3.63) is 206 Å². The fourth-order valence-corrected chi connectivity index (χ4v) is 16.4. The van der Waals surface area contributed by atoms with E-state index in [0.29, 0.717) is 0 Å². The molecule has 1 aliphatic heterocycles. The first kappa shape index (κ1) is 30.5. The van der Waals surface area contributed by atoms with Crippen molar-refractivity contribution in [3.8, 4) is 22.5 Å². The van der Waals surface area contributed by atoms with E-state index in [1.165, 1.54) is 97.6 Å². The van der Waals surface area contributed by atoms with Crippen molar-refractivity contribution in [2.24, 2.45) is 0 Å². The Hall–Kier alpha value is -6.94. The Morgan fingerprint density at radius 1 is 0.327 bits per heavy atom. The van der Waals surface area contributed by atoms with Gasteiger partial charge < -0.3 is 0 Å². The molecule has 12 rings (SSSR count). The van der Waals surface area contributed by atoms with Gasteiger partial charge in [-0.25, -0.2) is 0 Å². The van der Waals surface area contributed by atoms with E-state index in [1.54, 1.807) is 0 Å². The Balaban J connectivity index is 1.19. The van der Waals surface area contributed by atoms with E-state index >= 15 is 0 Å². The summed E-state index contributed by atoms with van der Waals surface area (Å²) in [5.74, 6) is 0. The van der Waals surface area contributed by atoms with Crippen LogP contribution in [0.2, 0.25) is 0 Å². The van der Waals surface area contributed by atoms with Crippen LogP contribution < -0.4 is 20.7 Å². The number of para-hydroxylation sites is 2. The molecule has 0 saturated heterocycles. The number of rotatable bonds is 4. The van der Waals surface area contributed by atoms with Crippen LogP contribution in [0.15, 0.2) is 206 Å². The predicted molar refractivity (Wildman–Crippen MR) is 237 cm³/mol. The molecule has 3 heterocycles. The molecule has 0 fully saturated rings. The molecule has 3 heteroatoms. The van der Waals surface area contributed by atoms with Gasteiger partial charge in [0.2, 0.25) is 0 Å². The second kappa shape index (κ2) is 11.5. The van der Waals surface area contributed by atoms with Crippen LogP contribution >= 0.6 is 0 Å². The maximum absolute atomic E-state index is 3.10. The Morgan fingerprint density at radius 3 is 1.56 bits per heavy atom. The third kappa shape index (κ3) is 4.08. The Labute approximate surface area is 319 Å². The molecule has 0 amide bonds. The van der Waals surface area contributed by atoms with Gasteiger partial charge in [0, 0.05) is 0 Å². The fourth-order valence-electron chi connectivity index (χ4n) is 10.4. The van der Waals surface area contributed by atoms with Crippen molar-refractivity contribution in [1.82, 2.24) is 9.13 Å². The molecule has 0 saturated carbocycles. The van der Waals surface area contributed by atoms with Crippen LogP contribution in [-0.2, 0) is 0 Å². The summed E-state index contributed by atoms with van der Waals surface area (Å²) in [5.41, 5.74) is 10.0. The third-order valence-electron chi connectivity index (χ3n) is 12.6. The van der Waals surface area contributed by atoms with Gasteiger partial charge in [-0.2, -0.15) is 0 Å². The van der Waals surface area contributed by atoms with Gasteiger partial charge in [0.05, 0.1) is 0 Å². The van der Waals surface area contributed by atoms with Gasteiger partial charge in [-0.05, 0) is 0 Å². The van der Waals surface area contributed by atoms with Crippen LogP contribution in [0.25, 0.3) is 76.9 Å². The molecular weight excluding hydrogens is 681 g/mol. The summed E-state index contributed by atoms with van der Waals surface area (Å²) in [6.45, 7) is 0. The second-order valence-corrected chi connectivity index (χ2v) is 19.4. The number of hydrogen-bond acceptors (Lipinski definition) is 0. The molecule has 0 atom stereocenters. The minimum absolute atomic E-state index is 1.20. The van der Waals surface area contributed by atoms with Gasteiger partial charge in [0.15, 0.2) is 0 Å². The molecule has 0 bridgehead atoms. The van der Waals surface area contributed by atoms with E-state index < -0.39 is 8.07 Å². The van der Waals surface area contributed by atoms with Gasteiger partial charge >= 0.3 is 297 Å². The molecule has 2 aromatic heterocycles. The van der Waals surface area contributed by atoms with E-state index in [2.05, 4.69) is 215 Å². The van der Waals surface area contributed by atoms with Gasteiger partial charge in [-0.1, -0.05) is 24.3 Å². The zero-order valence-corrected chi connectivity index (χ0v) is 31.3. The monoisotopic (exact) mass is 715 g/mol. The standard InChI is InChI=1S/C52H35N2Si/c1-3-18-37(19-4-1)55(38-20-5-2-6-21-38)49-29-14-11-23-40(49)41-31-30-36(34-50(41)55)53-45-26-12-9-24-42(45)51-47(53)32-33-48-52(51)43-25-10-13-27-46(43)54(48)44-28-15-17-35-16-7-8-22-39(35)44/h1-34,55H/q-1. The molecule has 258 valence electrons. The van der Waals surface area contributed by atoms with Crippen molar-refractivity contribution < 1.29 is 0 Å². The van der Waals surface area contributed by atoms with Crippen LogP contribution in [0.3, 0.4) is 0 Å². The fraction of sp³-hybridized carbons (Fsp3) is 0. The van der Waals surface area contributed by atoms with Crippen LogP contribution in [0.1, 0.15) is 0 Å². The molecular formula is C52H35N2Si-. The average Bonchev–Trinajstić information content (AvgIpc) is 3.88. The summed E-state index contributed by atoms with van der Waals surface area (Å²) in [4.78, 5) is 0. The van der Waals surface area contributed by atoms with Gasteiger partial charge in [0.1, 0.15) is 0 Å². The minimum atomic E-state index is -3.10. The Morgan fingerprint density at radius 2 is 0.855 bits per heavy atom. The number of fused-ring (bicyclic) bond motifs is 11. The summed E-state index contributed by atoms with van der Waals surface area (Å²) in [6.07, 6.45) is 0. The van der Waals surface area contributed by atoms with E-state index in [-0.39, 0.29) is 0 Å². The third-order valence-corrected chi connectivity index (χ3v) is 18.2. The first-order valence-corrected chi connectivity index (χ1v) is 21.6. The molecule has 1 aliphatic rings. The van der Waals surface area contributed by atoms with Crippen molar-refractivity contribution >= 4 is 83.2 Å². The Bertz CT molecular complexity index is 3270. The zero-order valence-electron chi connectivity index (χ0n) is 30.1. The quantitative estimate of drug-likeness (QED) is 0.161. The average molecular weight is 716 g/mol. The summed E-state index contributed by atoms with van der Waals surface area (Å²) < 4.78 is 5.00. The summed E-state index contributed by atoms with van der Waals surface area (Å²) in [6, 6.07) is 77.2. The second-order valence-electron chi connectivity index (χ2n) is 15.1. The van der Waals surface area contributed by atoms with Gasteiger partial charge in [0.25, 0.3) is 0 Å². The zero-order chi connectivity index (χ0) is 36.1. The van der Waals surface area contributed by atoms with Crippen LogP contribution in [0.4, 0.5) is 0 Å². The van der Waals surface area contributed by atoms with Gasteiger partial charge in [-0.3, -0.25) is 0 Å². The molecule has 0 aliphatic carbocycles. The van der Waals surface area contributed by atoms with Crippen molar-refractivity contribution in [2.75, 3.05) is 0 Å². The first-order valence-electron chi connectivity index (χ1n) is 19.3. The molecule has 0 spiro atoms. The van der Waals surface area contributed by atoms with Gasteiger partial charge in [-0.15, -0.1) is 0 Å². The molecule has 11 aromatic rings. The molecule has 2 nitrogen and oxygen atoms in total. The SMILES string of the molecule is c1ccc([SiH-]2(c3ccccc3)c3ccccc3-c3ccc(-n4c5ccccc5c5c6c7ccccc7n(-c7cccc8ccccc78)c6ccc54)cc32)cc1. The van der Waals surface area contributed by atoms with Crippen LogP contribution in [-0.4, -0.2) is 17.2 Å². The number of aromatic nitrogens is 2. The molecule has 9 aromatic carbocycles. The Kier molecular flexibility index (Phi) is 6.39. The van der Waals surface area contributed by atoms with Crippen molar-refractivity contribution in [1.29, 1.82) is 0 Å². The van der Waals surface area contributed by atoms with E-state index in [1.807, 2.05) is 0 Å². The summed E-state index contributed by atoms with van der Waals surface area (Å²) in [7, 11) is -3.10. The van der Waals surface area contributed by atoms with Crippen molar-refractivity contribution in [3.63, 3.8) is 0 Å². The molecule has 0 N–H and O–H groups in total.